The molecule has 4 atom stereocenters. The highest BCUT2D eigenvalue weighted by Gasteiger charge is 2.42. The van der Waals surface area contributed by atoms with E-state index in [9.17, 15) is 33.9 Å². The second kappa shape index (κ2) is 15.7. The number of aliphatic carboxylic acids is 1. The van der Waals surface area contributed by atoms with Crippen LogP contribution >= 0.6 is 11.8 Å². The molecule has 0 bridgehead atoms. The van der Waals surface area contributed by atoms with Crippen LogP contribution in [0.15, 0.2) is 0 Å². The summed E-state index contributed by atoms with van der Waals surface area (Å²) in [6, 6.07) is -1.19. The maximum Gasteiger partial charge on any atom is 0.329 e. The van der Waals surface area contributed by atoms with E-state index in [1.54, 1.807) is 0 Å². The Balaban J connectivity index is 1.27. The number of thioether (sulfide) groups is 1. The Kier molecular flexibility index (Phi) is 12.3. The number of urea groups is 1. The zero-order valence-corrected chi connectivity index (χ0v) is 23.8. The molecule has 2 aliphatic heterocycles. The van der Waals surface area contributed by atoms with Crippen molar-refractivity contribution in [2.75, 3.05) is 26.0 Å². The van der Waals surface area contributed by atoms with Gasteiger partial charge in [0, 0.05) is 43.4 Å². The third-order valence-electron chi connectivity index (χ3n) is 7.45. The van der Waals surface area contributed by atoms with Gasteiger partial charge < -0.3 is 36.0 Å². The monoisotopic (exact) mass is 583 g/mol. The molecule has 1 aliphatic carbocycles. The van der Waals surface area contributed by atoms with Gasteiger partial charge in [0.15, 0.2) is 6.04 Å². The molecule has 1 saturated carbocycles. The average molecular weight is 584 g/mol. The first kappa shape index (κ1) is 31.5. The number of carbonyl (C=O) groups excluding carboxylic acids is 5. The fraction of sp³-hybridized carbons (Fsp3) is 0.769. The second-order valence-corrected chi connectivity index (χ2v) is 11.9. The Morgan fingerprint density at radius 1 is 1.05 bits per heavy atom. The molecular weight excluding hydrogens is 542 g/mol. The molecule has 3 aliphatic rings. The van der Waals surface area contributed by atoms with Crippen LogP contribution in [0.3, 0.4) is 0 Å². The smallest absolute Gasteiger partial charge is 0.329 e. The molecule has 224 valence electrons. The zero-order valence-electron chi connectivity index (χ0n) is 22.9. The molecule has 4 unspecified atom stereocenters. The molecule has 14 heteroatoms. The Morgan fingerprint density at radius 2 is 1.77 bits per heavy atom. The Labute approximate surface area is 238 Å². The van der Waals surface area contributed by atoms with Crippen LogP contribution in [0.2, 0.25) is 0 Å². The number of nitrogens with one attached hydrogen (secondary N) is 4. The summed E-state index contributed by atoms with van der Waals surface area (Å²) in [5.41, 5.74) is 0. The van der Waals surface area contributed by atoms with Crippen LogP contribution in [0.4, 0.5) is 4.79 Å². The lowest BCUT2D eigenvalue weighted by molar-refractivity contribution is -0.153. The highest BCUT2D eigenvalue weighted by Crippen LogP contribution is 2.33. The number of carboxylic acid groups (broad SMARTS) is 1. The van der Waals surface area contributed by atoms with Crippen LogP contribution in [0.25, 0.3) is 0 Å². The van der Waals surface area contributed by atoms with Crippen molar-refractivity contribution in [1.82, 2.24) is 26.2 Å². The van der Waals surface area contributed by atoms with Crippen LogP contribution in [0, 0.1) is 0 Å². The number of hydrogen-bond donors (Lipinski definition) is 5. The summed E-state index contributed by atoms with van der Waals surface area (Å²) in [5.74, 6) is -2.41. The Bertz CT molecular complexity index is 944. The summed E-state index contributed by atoms with van der Waals surface area (Å²) in [7, 11) is 1.47. The van der Waals surface area contributed by atoms with Gasteiger partial charge in [-0.05, 0) is 25.7 Å². The van der Waals surface area contributed by atoms with Gasteiger partial charge in [-0.2, -0.15) is 11.8 Å². The van der Waals surface area contributed by atoms with Gasteiger partial charge in [0.05, 0.1) is 12.1 Å². The highest BCUT2D eigenvalue weighted by atomic mass is 32.2. The number of esters is 1. The minimum Gasteiger partial charge on any atom is -0.480 e. The van der Waals surface area contributed by atoms with Gasteiger partial charge in [0.25, 0.3) is 0 Å². The van der Waals surface area contributed by atoms with E-state index in [2.05, 4.69) is 21.3 Å². The molecule has 40 heavy (non-hydrogen) atoms. The van der Waals surface area contributed by atoms with Gasteiger partial charge in [-0.25, -0.2) is 9.59 Å². The lowest BCUT2D eigenvalue weighted by Gasteiger charge is -2.22. The zero-order chi connectivity index (χ0) is 29.1. The summed E-state index contributed by atoms with van der Waals surface area (Å²) in [5, 5.41) is 20.7. The third kappa shape index (κ3) is 10.2. The molecule has 5 amide bonds. The maximum absolute atomic E-state index is 12.4. The largest absolute Gasteiger partial charge is 0.480 e. The molecule has 0 aromatic heterocycles. The van der Waals surface area contributed by atoms with Crippen LogP contribution in [0.5, 0.6) is 0 Å². The highest BCUT2D eigenvalue weighted by molar-refractivity contribution is 8.00. The first-order chi connectivity index (χ1) is 19.1. The summed E-state index contributed by atoms with van der Waals surface area (Å²) >= 11 is 1.81. The van der Waals surface area contributed by atoms with Gasteiger partial charge in [-0.15, -0.1) is 0 Å². The van der Waals surface area contributed by atoms with E-state index in [0.29, 0.717) is 11.7 Å². The molecule has 2 saturated heterocycles. The molecule has 2 heterocycles. The van der Waals surface area contributed by atoms with Crippen molar-refractivity contribution < 1.29 is 38.6 Å². The standard InChI is InChI=1S/C26H41N5O8S/c1-31(22(34)10-6-5-9-19-24-18(15-40-19)29-26(38)30-24)13-23(35)39-14-17(25(36)37)28-21(33)12-11-20(32)27-16-7-3-2-4-8-16/h16-19,24H,2-15H2,1H3,(H,27,32)(H,28,33)(H,36,37)(H2,29,30,38). The van der Waals surface area contributed by atoms with E-state index in [4.69, 9.17) is 4.74 Å². The van der Waals surface area contributed by atoms with E-state index in [1.807, 2.05) is 11.8 Å². The minimum absolute atomic E-state index is 0.0598. The van der Waals surface area contributed by atoms with Gasteiger partial charge in [-0.3, -0.25) is 19.2 Å². The van der Waals surface area contributed by atoms with E-state index >= 15 is 0 Å². The quantitative estimate of drug-likeness (QED) is 0.104. The lowest BCUT2D eigenvalue weighted by Crippen LogP contribution is -2.45. The number of unbranched alkanes of at least 4 members (excludes halogenated alkanes) is 1. The van der Waals surface area contributed by atoms with E-state index < -0.39 is 30.5 Å². The van der Waals surface area contributed by atoms with E-state index in [-0.39, 0.29) is 61.8 Å². The Morgan fingerprint density at radius 3 is 2.50 bits per heavy atom. The number of carbonyl (C=O) groups is 6. The van der Waals surface area contributed by atoms with Gasteiger partial charge in [0.2, 0.25) is 17.7 Å². The van der Waals surface area contributed by atoms with Crippen LogP contribution in [-0.2, 0) is 28.7 Å². The number of nitrogens with zero attached hydrogens (tertiary/aromatic N) is 1. The molecule has 0 aromatic carbocycles. The minimum atomic E-state index is -1.47. The maximum atomic E-state index is 12.4. The molecule has 0 radical (unpaired) electrons. The van der Waals surface area contributed by atoms with Crippen molar-refractivity contribution in [2.24, 2.45) is 0 Å². The predicted octanol–water partition coefficient (Wildman–Crippen LogP) is 0.512. The summed E-state index contributed by atoms with van der Waals surface area (Å²) in [4.78, 5) is 73.1. The number of fused-ring (bicyclic) bond motifs is 1. The van der Waals surface area contributed by atoms with Crippen molar-refractivity contribution in [3.8, 4) is 0 Å². The number of ether oxygens (including phenoxy) is 1. The van der Waals surface area contributed by atoms with Crippen molar-refractivity contribution in [1.29, 1.82) is 0 Å². The Hall–Kier alpha value is -3.03. The van der Waals surface area contributed by atoms with Crippen LogP contribution < -0.4 is 21.3 Å². The predicted molar refractivity (Wildman–Crippen MR) is 146 cm³/mol. The number of carboxylic acids is 1. The van der Waals surface area contributed by atoms with Crippen molar-refractivity contribution >= 4 is 47.5 Å². The van der Waals surface area contributed by atoms with Crippen molar-refractivity contribution in [3.05, 3.63) is 0 Å². The number of hydrogen-bond acceptors (Lipinski definition) is 8. The summed E-state index contributed by atoms with van der Waals surface area (Å²) in [6.45, 7) is -0.941. The van der Waals surface area contributed by atoms with Crippen LogP contribution in [0.1, 0.15) is 70.6 Å². The molecule has 13 nitrogen and oxygen atoms in total. The second-order valence-electron chi connectivity index (χ2n) is 10.7. The number of rotatable bonds is 15. The lowest BCUT2D eigenvalue weighted by atomic mass is 9.95. The fourth-order valence-electron chi connectivity index (χ4n) is 5.17. The topological polar surface area (TPSA) is 183 Å². The third-order valence-corrected chi connectivity index (χ3v) is 8.96. The average Bonchev–Trinajstić information content (AvgIpc) is 3.47. The summed E-state index contributed by atoms with van der Waals surface area (Å²) in [6.07, 6.45) is 7.47. The first-order valence-electron chi connectivity index (χ1n) is 14.0. The normalized spacial score (nSPS) is 22.8. The molecular formula is C26H41N5O8S. The van der Waals surface area contributed by atoms with Gasteiger partial charge in [0.1, 0.15) is 13.2 Å². The molecule has 0 aromatic rings. The number of amides is 5. The molecule has 0 spiro atoms. The van der Waals surface area contributed by atoms with Gasteiger partial charge >= 0.3 is 18.0 Å². The van der Waals surface area contributed by atoms with E-state index in [1.165, 1.54) is 11.9 Å². The van der Waals surface area contributed by atoms with Crippen molar-refractivity contribution in [2.45, 2.75) is 100 Å². The summed E-state index contributed by atoms with van der Waals surface area (Å²) < 4.78 is 5.00. The molecule has 3 rings (SSSR count). The van der Waals surface area contributed by atoms with Crippen LogP contribution in [-0.4, -0.2) is 101 Å². The SMILES string of the molecule is CN(CC(=O)OCC(NC(=O)CCC(=O)NC1CCCCC1)C(=O)O)C(=O)CCCCC1SCC2NC(=O)NC21. The van der Waals surface area contributed by atoms with Gasteiger partial charge in [-0.1, -0.05) is 25.7 Å². The van der Waals surface area contributed by atoms with Crippen molar-refractivity contribution in [3.63, 3.8) is 0 Å². The number of likely N-dealkylation sites (N-methyl/N-ethyl adjacent to an activating group) is 1. The first-order valence-corrected chi connectivity index (χ1v) is 15.1. The van der Waals surface area contributed by atoms with E-state index in [0.717, 1.165) is 50.7 Å². The molecule has 5 N–H and O–H groups in total. The molecule has 3 fully saturated rings. The fourth-order valence-corrected chi connectivity index (χ4v) is 6.72.